The number of hydrogen-bond acceptors (Lipinski definition) is 6. The Morgan fingerprint density at radius 2 is 2.11 bits per heavy atom. The second-order valence-corrected chi connectivity index (χ2v) is 8.79. The smallest absolute Gasteiger partial charge is 0.247 e. The first-order valence-corrected chi connectivity index (χ1v) is 10.3. The lowest BCUT2D eigenvalue weighted by atomic mass is 10.2. The summed E-state index contributed by atoms with van der Waals surface area (Å²) in [6.45, 7) is 1.53. The lowest BCUT2D eigenvalue weighted by Crippen LogP contribution is -2.50. The van der Waals surface area contributed by atoms with Crippen LogP contribution in [0.5, 0.6) is 5.75 Å². The molecule has 0 aliphatic carbocycles. The Labute approximate surface area is 161 Å². The number of benzene rings is 1. The third-order valence-corrected chi connectivity index (χ3v) is 6.88. The fourth-order valence-corrected chi connectivity index (χ4v) is 5.08. The number of carbonyl (C=O) groups excluding carboxylic acids is 1. The zero-order valence-corrected chi connectivity index (χ0v) is 16.1. The number of halogens is 1. The predicted molar refractivity (Wildman–Crippen MR) is 95.4 cm³/mol. The number of aromatic nitrogens is 3. The molecule has 1 aromatic carbocycles. The molecule has 1 aromatic heterocycles. The second kappa shape index (κ2) is 7.13. The molecule has 0 atom stereocenters. The molecule has 0 saturated carbocycles. The molecule has 9 nitrogen and oxygen atoms in total. The lowest BCUT2D eigenvalue weighted by Gasteiger charge is -2.37. The first kappa shape index (κ1) is 18.8. The average Bonchev–Trinajstić information content (AvgIpc) is 3.23. The second-order valence-electron chi connectivity index (χ2n) is 6.88. The molecule has 11 heteroatoms. The third-order valence-electron chi connectivity index (χ3n) is 5.03. The molecule has 0 spiro atoms. The van der Waals surface area contributed by atoms with E-state index in [0.29, 0.717) is 18.7 Å². The minimum atomic E-state index is -3.87. The normalized spacial score (nSPS) is 18.5. The molecule has 2 aliphatic heterocycles. The van der Waals surface area contributed by atoms with Crippen LogP contribution in [0, 0.1) is 5.82 Å². The van der Waals surface area contributed by atoms with Crippen LogP contribution in [0.25, 0.3) is 0 Å². The van der Waals surface area contributed by atoms with Crippen molar-refractivity contribution in [2.24, 2.45) is 0 Å². The number of ether oxygens (including phenoxy) is 1. The number of hydrogen-bond donors (Lipinski definition) is 0. The van der Waals surface area contributed by atoms with Crippen LogP contribution in [-0.4, -0.2) is 65.3 Å². The van der Waals surface area contributed by atoms with Crippen LogP contribution in [0.4, 0.5) is 4.39 Å². The molecular weight excluding hydrogens is 389 g/mol. The van der Waals surface area contributed by atoms with E-state index in [1.165, 1.54) is 17.5 Å². The molecule has 2 aromatic rings. The van der Waals surface area contributed by atoms with E-state index in [0.717, 1.165) is 25.1 Å². The van der Waals surface area contributed by atoms with E-state index < -0.39 is 15.8 Å². The van der Waals surface area contributed by atoms with Gasteiger partial charge >= 0.3 is 0 Å². The van der Waals surface area contributed by atoms with Gasteiger partial charge in [0.15, 0.2) is 0 Å². The van der Waals surface area contributed by atoms with E-state index in [4.69, 9.17) is 4.74 Å². The minimum Gasteiger partial charge on any atom is -0.495 e. The van der Waals surface area contributed by atoms with Crippen molar-refractivity contribution in [2.45, 2.75) is 30.3 Å². The van der Waals surface area contributed by atoms with Gasteiger partial charge in [-0.2, -0.15) is 4.31 Å². The van der Waals surface area contributed by atoms with Crippen molar-refractivity contribution in [3.05, 3.63) is 35.9 Å². The van der Waals surface area contributed by atoms with Crippen LogP contribution in [0.15, 0.2) is 29.3 Å². The van der Waals surface area contributed by atoms with Crippen LogP contribution in [0.1, 0.15) is 24.6 Å². The van der Waals surface area contributed by atoms with Gasteiger partial charge in [-0.15, -0.1) is 5.10 Å². The van der Waals surface area contributed by atoms with E-state index in [-0.39, 0.29) is 35.7 Å². The van der Waals surface area contributed by atoms with Crippen molar-refractivity contribution in [3.8, 4) is 5.75 Å². The van der Waals surface area contributed by atoms with Crippen LogP contribution in [0.2, 0.25) is 0 Å². The van der Waals surface area contributed by atoms with E-state index >= 15 is 0 Å². The summed E-state index contributed by atoms with van der Waals surface area (Å²) in [6.07, 6.45) is 3.15. The number of likely N-dealkylation sites (tertiary alicyclic amines) is 1. The van der Waals surface area contributed by atoms with Crippen molar-refractivity contribution in [1.29, 1.82) is 0 Å². The van der Waals surface area contributed by atoms with Gasteiger partial charge in [-0.05, 0) is 24.6 Å². The predicted octanol–water partition coefficient (Wildman–Crippen LogP) is 0.794. The minimum absolute atomic E-state index is 0.100. The molecule has 2 saturated heterocycles. The highest BCUT2D eigenvalue weighted by Crippen LogP contribution is 2.33. The Morgan fingerprint density at radius 1 is 1.32 bits per heavy atom. The summed E-state index contributed by atoms with van der Waals surface area (Å²) in [5.74, 6) is -0.434. The monoisotopic (exact) mass is 409 g/mol. The first-order chi connectivity index (χ1) is 13.4. The van der Waals surface area contributed by atoms with Crippen LogP contribution < -0.4 is 4.74 Å². The highest BCUT2D eigenvalue weighted by atomic mass is 32.2. The zero-order valence-electron chi connectivity index (χ0n) is 15.3. The van der Waals surface area contributed by atoms with E-state index in [2.05, 4.69) is 10.3 Å². The van der Waals surface area contributed by atoms with E-state index in [1.807, 2.05) is 0 Å². The van der Waals surface area contributed by atoms with Gasteiger partial charge < -0.3 is 9.64 Å². The number of rotatable bonds is 6. The van der Waals surface area contributed by atoms with Crippen LogP contribution in [-0.2, 0) is 21.4 Å². The zero-order chi connectivity index (χ0) is 19.9. The van der Waals surface area contributed by atoms with Crippen LogP contribution >= 0.6 is 0 Å². The van der Waals surface area contributed by atoms with Crippen molar-refractivity contribution in [2.75, 3.05) is 26.7 Å². The van der Waals surface area contributed by atoms with Gasteiger partial charge in [0.05, 0.1) is 25.9 Å². The van der Waals surface area contributed by atoms with Gasteiger partial charge in [0.1, 0.15) is 22.2 Å². The molecule has 3 heterocycles. The molecule has 28 heavy (non-hydrogen) atoms. The first-order valence-electron chi connectivity index (χ1n) is 8.90. The Morgan fingerprint density at radius 3 is 2.79 bits per heavy atom. The highest BCUT2D eigenvalue weighted by molar-refractivity contribution is 7.89. The largest absolute Gasteiger partial charge is 0.495 e. The van der Waals surface area contributed by atoms with Gasteiger partial charge in [0.2, 0.25) is 15.9 Å². The summed E-state index contributed by atoms with van der Waals surface area (Å²) in [5, 5.41) is 8.15. The number of methoxy groups -OCH3 is 1. The quantitative estimate of drug-likeness (QED) is 0.700. The Hall–Kier alpha value is -2.53. The van der Waals surface area contributed by atoms with Crippen molar-refractivity contribution in [1.82, 2.24) is 24.2 Å². The molecule has 150 valence electrons. The van der Waals surface area contributed by atoms with Gasteiger partial charge in [-0.1, -0.05) is 5.21 Å². The maximum atomic E-state index is 13.5. The van der Waals surface area contributed by atoms with E-state index in [1.54, 1.807) is 15.8 Å². The number of nitrogens with zero attached hydrogens (tertiary/aromatic N) is 5. The molecule has 4 rings (SSSR count). The van der Waals surface area contributed by atoms with Crippen LogP contribution in [0.3, 0.4) is 0 Å². The average molecular weight is 409 g/mol. The maximum absolute atomic E-state index is 13.5. The summed E-state index contributed by atoms with van der Waals surface area (Å²) in [4.78, 5) is 13.3. The fraction of sp³-hybridized carbons (Fsp3) is 0.471. The summed E-state index contributed by atoms with van der Waals surface area (Å²) in [6, 6.07) is 3.24. The van der Waals surface area contributed by atoms with Crippen molar-refractivity contribution < 1.29 is 22.3 Å². The van der Waals surface area contributed by atoms with Gasteiger partial charge in [0, 0.05) is 26.1 Å². The topological polar surface area (TPSA) is 97.6 Å². The molecule has 1 amide bonds. The molecule has 0 bridgehead atoms. The SMILES string of the molecule is COc1ccc(F)cc1S(=O)(=O)N1CC(n2cc(CN3CCCC3=O)nn2)C1. The maximum Gasteiger partial charge on any atom is 0.247 e. The van der Waals surface area contributed by atoms with Crippen molar-refractivity contribution >= 4 is 15.9 Å². The molecule has 2 fully saturated rings. The molecule has 2 aliphatic rings. The summed E-state index contributed by atoms with van der Waals surface area (Å²) in [7, 11) is -2.53. The standard InChI is InChI=1S/C17H20FN5O4S/c1-27-15-5-4-12(18)7-16(15)28(25,26)22-10-14(11-22)23-9-13(19-20-23)8-21-6-2-3-17(21)24/h4-5,7,9,14H,2-3,6,8,10-11H2,1H3. The number of carbonyl (C=O) groups is 1. The third kappa shape index (κ3) is 3.35. The summed E-state index contributed by atoms with van der Waals surface area (Å²) < 4.78 is 47.0. The van der Waals surface area contributed by atoms with E-state index in [9.17, 15) is 17.6 Å². The molecular formula is C17H20FN5O4S. The Balaban J connectivity index is 1.43. The van der Waals surface area contributed by atoms with Gasteiger partial charge in [-0.3, -0.25) is 4.79 Å². The molecule has 0 unspecified atom stereocenters. The fourth-order valence-electron chi connectivity index (χ4n) is 3.40. The van der Waals surface area contributed by atoms with Gasteiger partial charge in [-0.25, -0.2) is 17.5 Å². The lowest BCUT2D eigenvalue weighted by molar-refractivity contribution is -0.128. The van der Waals surface area contributed by atoms with Crippen molar-refractivity contribution in [3.63, 3.8) is 0 Å². The molecule has 0 radical (unpaired) electrons. The Bertz CT molecular complexity index is 1000. The number of amides is 1. The van der Waals surface area contributed by atoms with Gasteiger partial charge in [0.25, 0.3) is 0 Å². The highest BCUT2D eigenvalue weighted by Gasteiger charge is 2.40. The summed E-state index contributed by atoms with van der Waals surface area (Å²) >= 11 is 0. The molecule has 0 N–H and O–H groups in total. The Kier molecular flexibility index (Phi) is 4.79. The summed E-state index contributed by atoms with van der Waals surface area (Å²) in [5.41, 5.74) is 0.670. The number of sulfonamides is 1.